The number of hydrogen-bond donors (Lipinski definition) is 2. The van der Waals surface area contributed by atoms with Crippen molar-refractivity contribution in [3.05, 3.63) is 58.4 Å². The van der Waals surface area contributed by atoms with E-state index in [1.807, 2.05) is 5.38 Å². The van der Waals surface area contributed by atoms with E-state index in [1.165, 1.54) is 24.2 Å². The zero-order chi connectivity index (χ0) is 18.9. The standard InChI is InChI=1S/C18H17N3O3S3/c22-16(20-18-19-15(11-26-18)13-5-6-13)10-12-3-7-14(8-4-12)21-27(23,24)17-2-1-9-25-17/h1-4,7-9,11,13,21H,5-6,10H2,(H,19,20,22). The van der Waals surface area contributed by atoms with E-state index in [-0.39, 0.29) is 16.5 Å². The summed E-state index contributed by atoms with van der Waals surface area (Å²) in [4.78, 5) is 16.6. The molecule has 0 spiro atoms. The molecule has 6 nitrogen and oxygen atoms in total. The van der Waals surface area contributed by atoms with Crippen LogP contribution in [0.4, 0.5) is 10.8 Å². The van der Waals surface area contributed by atoms with Gasteiger partial charge in [-0.1, -0.05) is 18.2 Å². The summed E-state index contributed by atoms with van der Waals surface area (Å²) >= 11 is 2.61. The molecule has 0 atom stereocenters. The van der Waals surface area contributed by atoms with Crippen LogP contribution in [-0.2, 0) is 21.2 Å². The molecule has 0 saturated heterocycles. The van der Waals surface area contributed by atoms with E-state index in [0.29, 0.717) is 16.7 Å². The Balaban J connectivity index is 1.35. The second kappa shape index (κ2) is 7.41. The van der Waals surface area contributed by atoms with Crippen LogP contribution in [0.3, 0.4) is 0 Å². The number of nitrogens with zero attached hydrogens (tertiary/aromatic N) is 1. The minimum Gasteiger partial charge on any atom is -0.302 e. The van der Waals surface area contributed by atoms with Gasteiger partial charge in [-0.05, 0) is 42.0 Å². The van der Waals surface area contributed by atoms with Gasteiger partial charge in [0, 0.05) is 17.0 Å². The average molecular weight is 420 g/mol. The van der Waals surface area contributed by atoms with Crippen LogP contribution in [0.2, 0.25) is 0 Å². The second-order valence-corrected chi connectivity index (χ2v) is 10.0. The highest BCUT2D eigenvalue weighted by atomic mass is 32.2. The normalized spacial score (nSPS) is 14.1. The number of sulfonamides is 1. The van der Waals surface area contributed by atoms with Crippen molar-refractivity contribution < 1.29 is 13.2 Å². The molecule has 0 unspecified atom stereocenters. The lowest BCUT2D eigenvalue weighted by Gasteiger charge is -2.07. The molecule has 0 aliphatic heterocycles. The topological polar surface area (TPSA) is 88.2 Å². The van der Waals surface area contributed by atoms with Crippen molar-refractivity contribution in [2.24, 2.45) is 0 Å². The lowest BCUT2D eigenvalue weighted by atomic mass is 10.1. The highest BCUT2D eigenvalue weighted by molar-refractivity contribution is 7.94. The van der Waals surface area contributed by atoms with E-state index in [4.69, 9.17) is 0 Å². The highest BCUT2D eigenvalue weighted by Gasteiger charge is 2.26. The first-order valence-corrected chi connectivity index (χ1v) is 11.6. The quantitative estimate of drug-likeness (QED) is 0.604. The van der Waals surface area contributed by atoms with Gasteiger partial charge in [0.05, 0.1) is 12.1 Å². The number of carbonyl (C=O) groups excluding carboxylic acids is 1. The fraction of sp³-hybridized carbons (Fsp3) is 0.222. The fourth-order valence-electron chi connectivity index (χ4n) is 2.57. The number of carbonyl (C=O) groups is 1. The van der Waals surface area contributed by atoms with Gasteiger partial charge in [0.15, 0.2) is 5.13 Å². The number of aromatic nitrogens is 1. The number of nitrogens with one attached hydrogen (secondary N) is 2. The molecule has 2 heterocycles. The van der Waals surface area contributed by atoms with Crippen LogP contribution < -0.4 is 10.0 Å². The molecule has 140 valence electrons. The molecule has 0 bridgehead atoms. The molecular weight excluding hydrogens is 402 g/mol. The summed E-state index contributed by atoms with van der Waals surface area (Å²) in [5.41, 5.74) is 2.32. The zero-order valence-electron chi connectivity index (χ0n) is 14.2. The monoisotopic (exact) mass is 419 g/mol. The molecule has 1 aromatic carbocycles. The number of rotatable bonds is 7. The zero-order valence-corrected chi connectivity index (χ0v) is 16.7. The highest BCUT2D eigenvalue weighted by Crippen LogP contribution is 2.40. The predicted molar refractivity (Wildman–Crippen MR) is 108 cm³/mol. The third-order valence-electron chi connectivity index (χ3n) is 4.09. The molecule has 1 amide bonds. The number of thiazole rings is 1. The average Bonchev–Trinajstić information content (AvgIpc) is 3.13. The van der Waals surface area contributed by atoms with Crippen LogP contribution in [0, 0.1) is 0 Å². The van der Waals surface area contributed by atoms with Crippen LogP contribution in [0.1, 0.15) is 30.0 Å². The molecule has 3 aromatic rings. The van der Waals surface area contributed by atoms with E-state index >= 15 is 0 Å². The minimum absolute atomic E-state index is 0.140. The smallest absolute Gasteiger partial charge is 0.271 e. The molecule has 1 aliphatic rings. The fourth-order valence-corrected chi connectivity index (χ4v) is 5.43. The first-order chi connectivity index (χ1) is 13.0. The maximum Gasteiger partial charge on any atom is 0.271 e. The molecule has 0 radical (unpaired) electrons. The van der Waals surface area contributed by atoms with Crippen molar-refractivity contribution in [1.82, 2.24) is 4.98 Å². The molecular formula is C18H17N3O3S3. The van der Waals surface area contributed by atoms with Gasteiger partial charge in [-0.2, -0.15) is 0 Å². The van der Waals surface area contributed by atoms with Crippen molar-refractivity contribution in [2.45, 2.75) is 29.4 Å². The first kappa shape index (κ1) is 18.1. The molecule has 1 saturated carbocycles. The Bertz CT molecular complexity index is 1040. The molecule has 9 heteroatoms. The van der Waals surface area contributed by atoms with Crippen LogP contribution >= 0.6 is 22.7 Å². The summed E-state index contributed by atoms with van der Waals surface area (Å²) in [7, 11) is -3.56. The first-order valence-electron chi connectivity index (χ1n) is 8.40. The van der Waals surface area contributed by atoms with E-state index in [9.17, 15) is 13.2 Å². The number of hydrogen-bond acceptors (Lipinski definition) is 6. The Hall–Kier alpha value is -2.23. The SMILES string of the molecule is O=C(Cc1ccc(NS(=O)(=O)c2cccs2)cc1)Nc1nc(C2CC2)cs1. The number of benzene rings is 1. The van der Waals surface area contributed by atoms with Gasteiger partial charge < -0.3 is 5.32 Å². The molecule has 1 fully saturated rings. The summed E-state index contributed by atoms with van der Waals surface area (Å²) in [6, 6.07) is 10.0. The molecule has 1 aliphatic carbocycles. The molecule has 2 N–H and O–H groups in total. The van der Waals surface area contributed by atoms with E-state index < -0.39 is 10.0 Å². The van der Waals surface area contributed by atoms with E-state index in [0.717, 1.165) is 22.6 Å². The summed E-state index contributed by atoms with van der Waals surface area (Å²) in [6.07, 6.45) is 2.57. The van der Waals surface area contributed by atoms with Crippen molar-refractivity contribution in [3.63, 3.8) is 0 Å². The maximum absolute atomic E-state index is 12.2. The Morgan fingerprint density at radius 1 is 1.15 bits per heavy atom. The lowest BCUT2D eigenvalue weighted by molar-refractivity contribution is -0.115. The van der Waals surface area contributed by atoms with Gasteiger partial charge in [-0.25, -0.2) is 13.4 Å². The summed E-state index contributed by atoms with van der Waals surface area (Å²) in [5.74, 6) is 0.427. The number of anilines is 2. The van der Waals surface area contributed by atoms with Crippen LogP contribution in [-0.4, -0.2) is 19.3 Å². The van der Waals surface area contributed by atoms with Crippen LogP contribution in [0.25, 0.3) is 0 Å². The maximum atomic E-state index is 12.2. The van der Waals surface area contributed by atoms with Crippen molar-refractivity contribution in [3.8, 4) is 0 Å². The van der Waals surface area contributed by atoms with Crippen molar-refractivity contribution >= 4 is 49.4 Å². The van der Waals surface area contributed by atoms with Gasteiger partial charge in [0.1, 0.15) is 4.21 Å². The third-order valence-corrected chi connectivity index (χ3v) is 7.65. The Kier molecular flexibility index (Phi) is 4.98. The summed E-state index contributed by atoms with van der Waals surface area (Å²) in [5, 5.41) is 7.17. The summed E-state index contributed by atoms with van der Waals surface area (Å²) in [6.45, 7) is 0. The van der Waals surface area contributed by atoms with Crippen LogP contribution in [0.15, 0.2) is 51.4 Å². The van der Waals surface area contributed by atoms with E-state index in [1.54, 1.807) is 41.8 Å². The van der Waals surface area contributed by atoms with Crippen LogP contribution in [0.5, 0.6) is 0 Å². The van der Waals surface area contributed by atoms with Gasteiger partial charge >= 0.3 is 0 Å². The minimum atomic E-state index is -3.56. The third kappa shape index (κ3) is 4.55. The van der Waals surface area contributed by atoms with Gasteiger partial charge in [-0.3, -0.25) is 9.52 Å². The second-order valence-electron chi connectivity index (χ2n) is 6.31. The molecule has 27 heavy (non-hydrogen) atoms. The predicted octanol–water partition coefficient (Wildman–Crippen LogP) is 4.06. The van der Waals surface area contributed by atoms with Gasteiger partial charge in [-0.15, -0.1) is 22.7 Å². The summed E-state index contributed by atoms with van der Waals surface area (Å²) < 4.78 is 27.2. The number of amides is 1. The Morgan fingerprint density at radius 2 is 1.93 bits per heavy atom. The van der Waals surface area contributed by atoms with Crippen molar-refractivity contribution in [1.29, 1.82) is 0 Å². The van der Waals surface area contributed by atoms with Gasteiger partial charge in [0.25, 0.3) is 10.0 Å². The number of thiophene rings is 1. The van der Waals surface area contributed by atoms with Crippen molar-refractivity contribution in [2.75, 3.05) is 10.0 Å². The largest absolute Gasteiger partial charge is 0.302 e. The molecule has 2 aromatic heterocycles. The van der Waals surface area contributed by atoms with Gasteiger partial charge in [0.2, 0.25) is 5.91 Å². The Labute approximate surface area is 165 Å². The van der Waals surface area contributed by atoms with E-state index in [2.05, 4.69) is 15.0 Å². The Morgan fingerprint density at radius 3 is 2.59 bits per heavy atom. The molecule has 4 rings (SSSR count). The lowest BCUT2D eigenvalue weighted by Crippen LogP contribution is -2.14.